The number of nitrogens with two attached hydrogens (primary N) is 1. The smallest absolute Gasteiger partial charge is 0.240 e. The molecule has 20 heavy (non-hydrogen) atoms. The van der Waals surface area contributed by atoms with Crippen molar-refractivity contribution in [2.75, 3.05) is 25.4 Å². The lowest BCUT2D eigenvalue weighted by atomic mass is 10.3. The Balaban J connectivity index is 2.81. The summed E-state index contributed by atoms with van der Waals surface area (Å²) in [6, 6.07) is 3.14. The lowest BCUT2D eigenvalue weighted by Crippen LogP contribution is -2.41. The Hall–Kier alpha value is -1.18. The summed E-state index contributed by atoms with van der Waals surface area (Å²) < 4.78 is 40.0. The quantitative estimate of drug-likeness (QED) is 0.747. The number of nitrogens with one attached hydrogen (secondary N) is 1. The number of rotatable bonds is 7. The molecule has 1 aromatic carbocycles. The molecule has 0 aromatic heterocycles. The molecule has 1 unspecified atom stereocenters. The van der Waals surface area contributed by atoms with Crippen molar-refractivity contribution in [3.8, 4) is 0 Å². The molecule has 1 atom stereocenters. The summed E-state index contributed by atoms with van der Waals surface area (Å²) in [6.45, 7) is 8.15. The molecule has 0 radical (unpaired) electrons. The van der Waals surface area contributed by atoms with E-state index in [9.17, 15) is 12.8 Å². The molecular weight excluding hydrogens is 281 g/mol. The van der Waals surface area contributed by atoms with Gasteiger partial charge in [0.05, 0.1) is 10.6 Å². The monoisotopic (exact) mass is 303 g/mol. The Labute approximate surface area is 120 Å². The topological polar surface area (TPSA) is 75.4 Å². The molecule has 1 rings (SSSR count). The van der Waals surface area contributed by atoms with Crippen molar-refractivity contribution in [2.24, 2.45) is 0 Å². The standard InChI is InChI=1S/C13H22FN3O2S/c1-4-17(5-2)9-10(3)16-20(18,19)11-6-7-12(14)13(15)8-11/h6-8,10,16H,4-5,9,15H2,1-3H3. The summed E-state index contributed by atoms with van der Waals surface area (Å²) in [6.07, 6.45) is 0. The zero-order valence-corrected chi connectivity index (χ0v) is 12.9. The molecule has 0 aliphatic rings. The lowest BCUT2D eigenvalue weighted by molar-refractivity contribution is 0.282. The molecule has 0 saturated carbocycles. The first kappa shape index (κ1) is 16.9. The van der Waals surface area contributed by atoms with E-state index in [1.54, 1.807) is 6.92 Å². The van der Waals surface area contributed by atoms with Gasteiger partial charge in [0.15, 0.2) is 0 Å². The molecule has 0 fully saturated rings. The molecule has 5 nitrogen and oxygen atoms in total. The van der Waals surface area contributed by atoms with E-state index in [1.165, 1.54) is 6.07 Å². The van der Waals surface area contributed by atoms with E-state index in [0.717, 1.165) is 25.2 Å². The Morgan fingerprint density at radius 3 is 2.45 bits per heavy atom. The van der Waals surface area contributed by atoms with Crippen molar-refractivity contribution in [1.29, 1.82) is 0 Å². The van der Waals surface area contributed by atoms with E-state index in [0.29, 0.717) is 6.54 Å². The van der Waals surface area contributed by atoms with Crippen LogP contribution in [0.3, 0.4) is 0 Å². The van der Waals surface area contributed by atoms with Crippen LogP contribution in [0.25, 0.3) is 0 Å². The van der Waals surface area contributed by atoms with Gasteiger partial charge in [0, 0.05) is 12.6 Å². The number of sulfonamides is 1. The third-order valence-corrected chi connectivity index (χ3v) is 4.65. The van der Waals surface area contributed by atoms with Crippen molar-refractivity contribution < 1.29 is 12.8 Å². The van der Waals surface area contributed by atoms with Gasteiger partial charge in [-0.2, -0.15) is 0 Å². The first-order valence-electron chi connectivity index (χ1n) is 6.59. The molecule has 7 heteroatoms. The van der Waals surface area contributed by atoms with E-state index in [2.05, 4.69) is 9.62 Å². The fourth-order valence-electron chi connectivity index (χ4n) is 1.93. The molecule has 3 N–H and O–H groups in total. The third-order valence-electron chi connectivity index (χ3n) is 3.06. The van der Waals surface area contributed by atoms with E-state index in [4.69, 9.17) is 5.73 Å². The summed E-state index contributed by atoms with van der Waals surface area (Å²) in [5.41, 5.74) is 5.22. The first-order chi connectivity index (χ1) is 9.30. The average molecular weight is 303 g/mol. The summed E-state index contributed by atoms with van der Waals surface area (Å²) in [5.74, 6) is -0.625. The van der Waals surface area contributed by atoms with Gasteiger partial charge in [-0.15, -0.1) is 0 Å². The molecule has 0 aliphatic carbocycles. The van der Waals surface area contributed by atoms with Crippen LogP contribution in [0.15, 0.2) is 23.1 Å². The van der Waals surface area contributed by atoms with Gasteiger partial charge < -0.3 is 10.6 Å². The lowest BCUT2D eigenvalue weighted by Gasteiger charge is -2.23. The Bertz CT molecular complexity index is 545. The molecule has 0 amide bonds. The van der Waals surface area contributed by atoms with Crippen molar-refractivity contribution >= 4 is 15.7 Å². The van der Waals surface area contributed by atoms with Gasteiger partial charge in [0.1, 0.15) is 5.82 Å². The average Bonchev–Trinajstić information content (AvgIpc) is 2.38. The summed E-state index contributed by atoms with van der Waals surface area (Å²) in [5, 5.41) is 0. The van der Waals surface area contributed by atoms with Gasteiger partial charge in [-0.05, 0) is 38.2 Å². The van der Waals surface area contributed by atoms with Crippen LogP contribution < -0.4 is 10.5 Å². The number of halogens is 1. The normalized spacial score (nSPS) is 13.7. The fraction of sp³-hybridized carbons (Fsp3) is 0.538. The van der Waals surface area contributed by atoms with Gasteiger partial charge in [0.2, 0.25) is 10.0 Å². The van der Waals surface area contributed by atoms with Gasteiger partial charge in [-0.3, -0.25) is 0 Å². The van der Waals surface area contributed by atoms with Crippen LogP contribution in [0.5, 0.6) is 0 Å². The minimum Gasteiger partial charge on any atom is -0.396 e. The van der Waals surface area contributed by atoms with E-state index in [1.807, 2.05) is 13.8 Å². The molecule has 0 heterocycles. The predicted molar refractivity (Wildman–Crippen MR) is 78.4 cm³/mol. The number of likely N-dealkylation sites (N-methyl/N-ethyl adjacent to an activating group) is 1. The minimum atomic E-state index is -3.68. The second-order valence-corrected chi connectivity index (χ2v) is 6.41. The SMILES string of the molecule is CCN(CC)CC(C)NS(=O)(=O)c1ccc(F)c(N)c1. The van der Waals surface area contributed by atoms with Crippen molar-refractivity contribution in [2.45, 2.75) is 31.7 Å². The van der Waals surface area contributed by atoms with E-state index in [-0.39, 0.29) is 16.6 Å². The molecular formula is C13H22FN3O2S. The molecule has 0 bridgehead atoms. The molecule has 0 spiro atoms. The highest BCUT2D eigenvalue weighted by Gasteiger charge is 2.19. The van der Waals surface area contributed by atoms with Crippen LogP contribution >= 0.6 is 0 Å². The largest absolute Gasteiger partial charge is 0.396 e. The van der Waals surface area contributed by atoms with Crippen LogP contribution in [0.4, 0.5) is 10.1 Å². The highest BCUT2D eigenvalue weighted by atomic mass is 32.2. The number of nitrogens with zero attached hydrogens (tertiary/aromatic N) is 1. The van der Waals surface area contributed by atoms with Gasteiger partial charge >= 0.3 is 0 Å². The second kappa shape index (κ2) is 7.01. The number of hydrogen-bond acceptors (Lipinski definition) is 4. The minimum absolute atomic E-state index is 0.0252. The molecule has 0 saturated heterocycles. The highest BCUT2D eigenvalue weighted by molar-refractivity contribution is 7.89. The van der Waals surface area contributed by atoms with E-state index >= 15 is 0 Å². The van der Waals surface area contributed by atoms with Gasteiger partial charge in [0.25, 0.3) is 0 Å². The van der Waals surface area contributed by atoms with Crippen molar-refractivity contribution in [1.82, 2.24) is 9.62 Å². The van der Waals surface area contributed by atoms with Crippen molar-refractivity contribution in [3.05, 3.63) is 24.0 Å². The Morgan fingerprint density at radius 1 is 1.35 bits per heavy atom. The first-order valence-corrected chi connectivity index (χ1v) is 8.08. The molecule has 1 aromatic rings. The number of nitrogen functional groups attached to an aromatic ring is 1. The van der Waals surface area contributed by atoms with E-state index < -0.39 is 15.8 Å². The van der Waals surface area contributed by atoms with Gasteiger partial charge in [-0.25, -0.2) is 17.5 Å². The maximum atomic E-state index is 13.1. The zero-order chi connectivity index (χ0) is 15.3. The fourth-order valence-corrected chi connectivity index (χ4v) is 3.20. The Morgan fingerprint density at radius 2 is 1.95 bits per heavy atom. The number of anilines is 1. The number of benzene rings is 1. The van der Waals surface area contributed by atoms with Crippen LogP contribution in [0.2, 0.25) is 0 Å². The van der Waals surface area contributed by atoms with Crippen LogP contribution in [0.1, 0.15) is 20.8 Å². The maximum absolute atomic E-state index is 13.1. The van der Waals surface area contributed by atoms with Crippen LogP contribution in [-0.4, -0.2) is 39.0 Å². The zero-order valence-electron chi connectivity index (χ0n) is 12.1. The Kier molecular flexibility index (Phi) is 5.91. The molecule has 0 aliphatic heterocycles. The third kappa shape index (κ3) is 4.43. The summed E-state index contributed by atoms with van der Waals surface area (Å²) in [7, 11) is -3.68. The molecule has 114 valence electrons. The summed E-state index contributed by atoms with van der Waals surface area (Å²) >= 11 is 0. The number of hydrogen-bond donors (Lipinski definition) is 2. The van der Waals surface area contributed by atoms with Gasteiger partial charge in [-0.1, -0.05) is 13.8 Å². The second-order valence-electron chi connectivity index (χ2n) is 4.69. The van der Waals surface area contributed by atoms with Crippen molar-refractivity contribution in [3.63, 3.8) is 0 Å². The van der Waals surface area contributed by atoms with Crippen LogP contribution in [-0.2, 0) is 10.0 Å². The highest BCUT2D eigenvalue weighted by Crippen LogP contribution is 2.16. The predicted octanol–water partition coefficient (Wildman–Crippen LogP) is 1.42. The maximum Gasteiger partial charge on any atom is 0.240 e. The van der Waals surface area contributed by atoms with Crippen LogP contribution in [0, 0.1) is 5.82 Å². The summed E-state index contributed by atoms with van der Waals surface area (Å²) in [4.78, 5) is 2.09.